The number of aliphatic hydroxyl groups is 2. The summed E-state index contributed by atoms with van der Waals surface area (Å²) < 4.78 is 46.4. The number of hydrogen-bond acceptors (Lipinski definition) is 26. The number of hydrogen-bond donors (Lipinski definition) is 11. The van der Waals surface area contributed by atoms with Crippen LogP contribution < -0.4 is 47.4 Å². The highest BCUT2D eigenvalue weighted by molar-refractivity contribution is 6.24. The number of primary amides is 1. The van der Waals surface area contributed by atoms with E-state index in [9.17, 15) is 64.2 Å². The summed E-state index contributed by atoms with van der Waals surface area (Å²) in [6, 6.07) is 4.79. The van der Waals surface area contributed by atoms with Gasteiger partial charge in [-0.3, -0.25) is 49.2 Å². The summed E-state index contributed by atoms with van der Waals surface area (Å²) in [5, 5.41) is 79.9. The van der Waals surface area contributed by atoms with Crippen molar-refractivity contribution >= 4 is 74.7 Å². The van der Waals surface area contributed by atoms with Crippen LogP contribution in [0, 0.1) is 42.3 Å². The zero-order valence-corrected chi connectivity index (χ0v) is 61.5. The Kier molecular flexibility index (Phi) is 26.1. The van der Waals surface area contributed by atoms with Crippen molar-refractivity contribution in [2.75, 3.05) is 77.3 Å². The molecule has 4 fully saturated rings. The number of nitrogens with zero attached hydrogens (tertiary/aromatic N) is 8. The number of nitrogens with one attached hydrogen (secondary N) is 3. The van der Waals surface area contributed by atoms with E-state index in [1.54, 1.807) is 61.6 Å². The second-order valence-corrected chi connectivity index (χ2v) is 27.6. The number of benzene rings is 3. The number of ketones is 1. The first-order valence-electron chi connectivity index (χ1n) is 35.1. The predicted octanol–water partition coefficient (Wildman–Crippen LogP) is 5.97. The number of aromatic carboxylic acids is 1. The van der Waals surface area contributed by atoms with Crippen molar-refractivity contribution < 1.29 is 87.5 Å². The van der Waals surface area contributed by atoms with Gasteiger partial charge in [-0.15, -0.1) is 0 Å². The average molecular weight is 1480 g/mol. The summed E-state index contributed by atoms with van der Waals surface area (Å²) in [6.07, 6.45) is 17.5. The molecule has 32 heteroatoms. The molecule has 5 bridgehead atoms. The molecule has 0 spiro atoms. The van der Waals surface area contributed by atoms with Crippen molar-refractivity contribution in [2.45, 2.75) is 123 Å². The van der Waals surface area contributed by atoms with E-state index in [-0.39, 0.29) is 73.1 Å². The van der Waals surface area contributed by atoms with Gasteiger partial charge in [-0.1, -0.05) is 45.9 Å². The number of methoxy groups -OCH3 is 2. The number of phenolic OH excluding ortho intramolecular Hbond substituents is 3. The van der Waals surface area contributed by atoms with Crippen molar-refractivity contribution in [1.29, 1.82) is 0 Å². The second kappa shape index (κ2) is 34.7. The van der Waals surface area contributed by atoms with Gasteiger partial charge < -0.3 is 85.1 Å². The number of Topliss-reactive ketones (excluding diaryl/α,β-unsaturated/α-hetero) is 1. The van der Waals surface area contributed by atoms with E-state index in [0.29, 0.717) is 54.1 Å². The fraction of sp³-hybridized carbons (Fsp3) is 0.453. The molecular formula is C75H94FN13O18. The highest BCUT2D eigenvalue weighted by Gasteiger charge is 2.50. The largest absolute Gasteiger partial charge is 0.507 e. The lowest BCUT2D eigenvalue weighted by molar-refractivity contribution is -0.160. The van der Waals surface area contributed by atoms with Crippen molar-refractivity contribution in [2.24, 2.45) is 46.3 Å². The number of hydrazone groups is 1. The van der Waals surface area contributed by atoms with E-state index >= 15 is 4.39 Å². The molecule has 13 N–H and O–H groups in total. The molecule has 6 aromatic rings. The third-order valence-electron chi connectivity index (χ3n) is 20.2. The number of nitrogens with two attached hydrogens (primary N) is 2. The normalized spacial score (nSPS) is 25.8. The summed E-state index contributed by atoms with van der Waals surface area (Å²) in [5.74, 6) is -5.38. The Labute approximate surface area is 616 Å². The fourth-order valence-electron chi connectivity index (χ4n) is 13.9. The monoisotopic (exact) mass is 1480 g/mol. The van der Waals surface area contributed by atoms with Crippen LogP contribution in [0.5, 0.6) is 28.7 Å². The number of amides is 3. The Morgan fingerprint density at radius 1 is 0.888 bits per heavy atom. The topological polar surface area (TPSA) is 441 Å². The van der Waals surface area contributed by atoms with E-state index in [0.717, 1.165) is 51.9 Å². The van der Waals surface area contributed by atoms with Crippen LogP contribution in [0.25, 0.3) is 21.7 Å². The molecule has 6 aliphatic heterocycles. The third kappa shape index (κ3) is 17.8. The minimum Gasteiger partial charge on any atom is -0.507 e. The summed E-state index contributed by atoms with van der Waals surface area (Å²) in [6.45, 7) is 17.5. The first-order chi connectivity index (χ1) is 50.9. The number of aliphatic hydroxyl groups excluding tert-OH is 2. The summed E-state index contributed by atoms with van der Waals surface area (Å²) in [7, 11) is 4.90. The van der Waals surface area contributed by atoms with Gasteiger partial charge >= 0.3 is 17.7 Å². The predicted molar refractivity (Wildman–Crippen MR) is 394 cm³/mol. The molecule has 3 amide bonds. The van der Waals surface area contributed by atoms with Gasteiger partial charge in [0.2, 0.25) is 5.43 Å². The number of likely N-dealkylation sites (N-methyl/N-ethyl adjacent to an activating group) is 1. The van der Waals surface area contributed by atoms with Crippen LogP contribution in [0.4, 0.5) is 15.8 Å². The first-order valence-corrected chi connectivity index (χ1v) is 35.1. The van der Waals surface area contributed by atoms with Gasteiger partial charge in [0.05, 0.1) is 77.2 Å². The van der Waals surface area contributed by atoms with E-state index in [4.69, 9.17) is 35.3 Å². The molecule has 3 saturated heterocycles. The van der Waals surface area contributed by atoms with Crippen LogP contribution in [0.1, 0.15) is 133 Å². The number of carboxylic acid groups (broad SMARTS) is 1. The van der Waals surface area contributed by atoms with Gasteiger partial charge in [0.15, 0.2) is 17.3 Å². The lowest BCUT2D eigenvalue weighted by Gasteiger charge is -2.38. The first kappa shape index (κ1) is 80.5. The number of pyridine rings is 2. The van der Waals surface area contributed by atoms with Crippen LogP contribution in [0.2, 0.25) is 0 Å². The maximum absolute atomic E-state index is 15.3. The molecule has 574 valence electrons. The van der Waals surface area contributed by atoms with E-state index in [1.807, 2.05) is 17.4 Å². The fourth-order valence-corrected chi connectivity index (χ4v) is 13.9. The molecule has 3 aromatic heterocycles. The smallest absolute Gasteiger partial charge is 0.341 e. The van der Waals surface area contributed by atoms with Gasteiger partial charge in [-0.2, -0.15) is 5.10 Å². The summed E-state index contributed by atoms with van der Waals surface area (Å²) in [5.41, 5.74) is 7.09. The van der Waals surface area contributed by atoms with Gasteiger partial charge in [0.1, 0.15) is 40.3 Å². The molecule has 31 nitrogen and oxygen atoms in total. The Hall–Kier alpha value is -10.6. The molecule has 0 radical (unpaired) electrons. The van der Waals surface area contributed by atoms with Crippen molar-refractivity contribution in [3.05, 3.63) is 141 Å². The maximum atomic E-state index is 15.3. The van der Waals surface area contributed by atoms with Gasteiger partial charge in [0, 0.05) is 149 Å². The Morgan fingerprint density at radius 2 is 1.59 bits per heavy atom. The molecule has 3 aromatic carbocycles. The number of ether oxygens (including phenoxy) is 5. The average Bonchev–Trinajstić information content (AvgIpc) is 1.65. The van der Waals surface area contributed by atoms with Crippen LogP contribution in [0.15, 0.2) is 101 Å². The number of nitrogen functional groups attached to an aromatic ring is 1. The highest BCUT2D eigenvalue weighted by Crippen LogP contribution is 2.55. The molecule has 9 heterocycles. The van der Waals surface area contributed by atoms with Gasteiger partial charge in [0.25, 0.3) is 23.5 Å². The van der Waals surface area contributed by atoms with Crippen LogP contribution in [-0.4, -0.2) is 205 Å². The molecule has 7 aliphatic rings. The number of piperazine rings is 1. The minimum atomic E-state index is -2.04. The maximum Gasteiger partial charge on any atom is 0.341 e. The number of carboxylic acids is 1. The number of carbonyl (C=O) groups is 6. The summed E-state index contributed by atoms with van der Waals surface area (Å²) in [4.78, 5) is 101. The standard InChI is InChI=1S/C43H58N4O12.C21H24FN3O4.C6H7N3O.C5H5N3O/c1-21-12-11-13-22(2)42(55)45-33-28(20-44-47-17-15-46(9)16-18-47)37(52)30-31(38(33)53)36(51)26(6)40-32(30)41(54)43(8,59-40)57-19-14-29(56-10)23(3)39(58-27(7)48)25(5)35(50)24(4)34(21)49;1-29-20-17-13(19(26)14(21(27)28)9-25(17)12-4-5-12)7-15(22)18(20)24-8-11-3-2-6-23-16(11)10-24;7-9-6(10)5-1-3-8-4-2-5;6-5(9)4-3-7-1-2-8-4/h11-14,19-21,23-25,29,34-35,39,49-53H,15-18H2,1-10H3,(H,45,55);7,9,11-12,16,23H,2-6,8,10H2,1H3,(H,27,28);1-4H,7H2,(H,9,10);1-3H,(H2,6,9)/b12-11+,19-14+,22-13-,44-20-;;;/t21-,23-,24+,25+,29-,34+,35+,39+,43-;11-,16+;;/m00../s1. The molecule has 11 atom stereocenters. The van der Waals surface area contributed by atoms with Crippen LogP contribution in [-0.2, 0) is 23.8 Å². The number of fused-ring (bicyclic) bond motifs is 16. The number of esters is 1. The Bertz CT molecular complexity index is 4480. The molecule has 13 rings (SSSR count). The van der Waals surface area contributed by atoms with Crippen LogP contribution >= 0.6 is 0 Å². The van der Waals surface area contributed by atoms with E-state index in [1.165, 1.54) is 110 Å². The Morgan fingerprint density at radius 3 is 2.19 bits per heavy atom. The molecule has 107 heavy (non-hydrogen) atoms. The minimum absolute atomic E-state index is 0.0559. The number of phenols is 3. The van der Waals surface area contributed by atoms with Crippen LogP contribution in [0.3, 0.4) is 0 Å². The number of allylic oxidation sites excluding steroid dienone is 2. The number of aromatic hydroxyl groups is 3. The van der Waals surface area contributed by atoms with Gasteiger partial charge in [-0.05, 0) is 83.3 Å². The van der Waals surface area contributed by atoms with Gasteiger partial charge in [-0.25, -0.2) is 20.0 Å². The molecular weight excluding hydrogens is 1390 g/mol. The lowest BCUT2D eigenvalue weighted by atomic mass is 9.78. The van der Waals surface area contributed by atoms with Crippen molar-refractivity contribution in [3.8, 4) is 28.7 Å². The lowest BCUT2D eigenvalue weighted by Crippen LogP contribution is -2.46. The quantitative estimate of drug-likeness (QED) is 0.0143. The number of hydrazine groups is 1. The number of rotatable bonds is 10. The zero-order chi connectivity index (χ0) is 78.0. The Balaban J connectivity index is 0.000000222. The van der Waals surface area contributed by atoms with E-state index in [2.05, 4.69) is 35.6 Å². The molecule has 1 saturated carbocycles. The summed E-state index contributed by atoms with van der Waals surface area (Å²) >= 11 is 0. The SMILES string of the molecule is CO[C@H]1/C=C/O[C@@]2(C)Oc3c(C)c(O)c4c(O)c(c(/C=N\N5CCN(C)CC5)c(O)c4c3C2=O)NC(=O)/C(C)=C\C=C\[C@H](C)[C@@H](O)[C@@H](C)[C@@H](O)[C@@H](C)[C@H](OC(C)=O)[C@H]1C.COc1c(N2C[C@@H]3CCCN[C@@H]3C2)c(F)cc2c(=O)c(C(=O)O)cn(C3CC3)c12.NC(=O)c1cnccn1.NNC(=O)c1ccncc1. The molecule has 1 aliphatic carbocycles. The number of aromatic nitrogens is 4. The number of halogens is 1. The highest BCUT2D eigenvalue weighted by atomic mass is 19.1. The van der Waals surface area contributed by atoms with Crippen molar-refractivity contribution in [1.82, 2.24) is 40.2 Å². The van der Waals surface area contributed by atoms with E-state index < -0.39 is 112 Å². The second-order valence-electron chi connectivity index (χ2n) is 27.6. The number of anilines is 2. The number of carbonyl (C=O) groups excluding carboxylic acids is 5. The number of piperidine rings is 1. The molecule has 0 unspecified atom stereocenters. The third-order valence-corrected chi connectivity index (χ3v) is 20.2. The zero-order valence-electron chi connectivity index (χ0n) is 61.5. The van der Waals surface area contributed by atoms with Crippen molar-refractivity contribution in [3.63, 3.8) is 0 Å².